The predicted octanol–water partition coefficient (Wildman–Crippen LogP) is 2.99. The Bertz CT molecular complexity index is 446. The molecule has 0 saturated carbocycles. The van der Waals surface area contributed by atoms with Crippen LogP contribution < -0.4 is 5.32 Å². The van der Waals surface area contributed by atoms with Gasteiger partial charge in [-0.1, -0.05) is 22.0 Å². The van der Waals surface area contributed by atoms with Crippen molar-refractivity contribution < 1.29 is 0 Å². The number of benzene rings is 1. The molecule has 1 N–H and O–H groups in total. The number of hydrogen-bond acceptors (Lipinski definition) is 2. The van der Waals surface area contributed by atoms with Crippen LogP contribution in [0.5, 0.6) is 0 Å². The van der Waals surface area contributed by atoms with Crippen molar-refractivity contribution in [3.8, 4) is 0 Å². The van der Waals surface area contributed by atoms with Gasteiger partial charge in [-0.05, 0) is 69.0 Å². The van der Waals surface area contributed by atoms with Crippen molar-refractivity contribution in [2.75, 3.05) is 20.1 Å². The number of halogens is 1. The summed E-state index contributed by atoms with van der Waals surface area (Å²) < 4.78 is 1.21. The number of aryl methyl sites for hydroxylation is 1. The Morgan fingerprint density at radius 3 is 3.00 bits per heavy atom. The van der Waals surface area contributed by atoms with Crippen molar-refractivity contribution >= 4 is 15.9 Å². The summed E-state index contributed by atoms with van der Waals surface area (Å²) in [4.78, 5) is 2.50. The summed E-state index contributed by atoms with van der Waals surface area (Å²) in [6.45, 7) is 2.43. The molecule has 3 rings (SSSR count). The molecule has 0 aromatic heterocycles. The van der Waals surface area contributed by atoms with Crippen molar-refractivity contribution in [1.29, 1.82) is 0 Å². The van der Waals surface area contributed by atoms with Gasteiger partial charge < -0.3 is 10.2 Å². The van der Waals surface area contributed by atoms with Crippen LogP contribution in [0.3, 0.4) is 0 Å². The second-order valence-electron chi connectivity index (χ2n) is 6.04. The maximum absolute atomic E-state index is 3.80. The molecule has 0 amide bonds. The number of nitrogens with zero attached hydrogens (tertiary/aromatic N) is 1. The molecule has 2 nitrogen and oxygen atoms in total. The summed E-state index contributed by atoms with van der Waals surface area (Å²) >= 11 is 3.57. The van der Waals surface area contributed by atoms with Crippen LogP contribution in [0.15, 0.2) is 22.7 Å². The van der Waals surface area contributed by atoms with Crippen LogP contribution in [0.25, 0.3) is 0 Å². The Balaban J connectivity index is 1.55. The molecule has 1 heterocycles. The van der Waals surface area contributed by atoms with Crippen LogP contribution >= 0.6 is 15.9 Å². The summed E-state index contributed by atoms with van der Waals surface area (Å²) in [5, 5.41) is 3.80. The molecule has 2 unspecified atom stereocenters. The SMILES string of the molecule is CN1CCCC1CNC1CCc2cc(Br)ccc2C1. The molecule has 1 fully saturated rings. The normalized spacial score (nSPS) is 27.5. The van der Waals surface area contributed by atoms with E-state index in [1.165, 1.54) is 54.2 Å². The number of likely N-dealkylation sites (N-methyl/N-ethyl adjacent to an activating group) is 1. The monoisotopic (exact) mass is 322 g/mol. The smallest absolute Gasteiger partial charge is 0.0218 e. The van der Waals surface area contributed by atoms with Crippen molar-refractivity contribution in [1.82, 2.24) is 10.2 Å². The lowest BCUT2D eigenvalue weighted by atomic mass is 9.88. The maximum atomic E-state index is 3.80. The summed E-state index contributed by atoms with van der Waals surface area (Å²) in [6, 6.07) is 8.17. The van der Waals surface area contributed by atoms with Crippen LogP contribution in [0.4, 0.5) is 0 Å². The molecule has 0 radical (unpaired) electrons. The first-order chi connectivity index (χ1) is 9.22. The fourth-order valence-corrected chi connectivity index (χ4v) is 3.85. The van der Waals surface area contributed by atoms with E-state index in [0.717, 1.165) is 12.6 Å². The molecule has 1 aliphatic carbocycles. The van der Waals surface area contributed by atoms with Crippen LogP contribution in [-0.4, -0.2) is 37.1 Å². The third-order valence-electron chi connectivity index (χ3n) is 4.71. The van der Waals surface area contributed by atoms with Gasteiger partial charge in [-0.15, -0.1) is 0 Å². The lowest BCUT2D eigenvalue weighted by Crippen LogP contribution is -2.42. The number of fused-ring (bicyclic) bond motifs is 1. The van der Waals surface area contributed by atoms with E-state index in [-0.39, 0.29) is 0 Å². The van der Waals surface area contributed by atoms with E-state index in [0.29, 0.717) is 6.04 Å². The second kappa shape index (κ2) is 5.94. The highest BCUT2D eigenvalue weighted by Gasteiger charge is 2.23. The quantitative estimate of drug-likeness (QED) is 0.920. The highest BCUT2D eigenvalue weighted by Crippen LogP contribution is 2.25. The molecule has 0 bridgehead atoms. The third kappa shape index (κ3) is 3.21. The molecule has 2 aliphatic rings. The molecular weight excluding hydrogens is 300 g/mol. The van der Waals surface area contributed by atoms with Gasteiger partial charge in [0.05, 0.1) is 0 Å². The summed E-state index contributed by atoms with van der Waals surface area (Å²) in [5.74, 6) is 0. The van der Waals surface area contributed by atoms with Gasteiger partial charge in [-0.3, -0.25) is 0 Å². The Kier molecular flexibility index (Phi) is 4.25. The molecule has 3 heteroatoms. The molecule has 0 spiro atoms. The Hall–Kier alpha value is -0.380. The largest absolute Gasteiger partial charge is 0.312 e. The van der Waals surface area contributed by atoms with E-state index < -0.39 is 0 Å². The Labute approximate surface area is 124 Å². The van der Waals surface area contributed by atoms with Crippen molar-refractivity contribution in [2.24, 2.45) is 0 Å². The van der Waals surface area contributed by atoms with Crippen molar-refractivity contribution in [3.63, 3.8) is 0 Å². The van der Waals surface area contributed by atoms with E-state index >= 15 is 0 Å². The highest BCUT2D eigenvalue weighted by molar-refractivity contribution is 9.10. The topological polar surface area (TPSA) is 15.3 Å². The lowest BCUT2D eigenvalue weighted by molar-refractivity contribution is 0.286. The van der Waals surface area contributed by atoms with Crippen molar-refractivity contribution in [2.45, 2.75) is 44.2 Å². The first-order valence-electron chi connectivity index (χ1n) is 7.43. The fraction of sp³-hybridized carbons (Fsp3) is 0.625. The Morgan fingerprint density at radius 2 is 2.21 bits per heavy atom. The van der Waals surface area contributed by atoms with Gasteiger partial charge in [-0.25, -0.2) is 0 Å². The first-order valence-corrected chi connectivity index (χ1v) is 8.22. The average Bonchev–Trinajstić information content (AvgIpc) is 2.82. The lowest BCUT2D eigenvalue weighted by Gasteiger charge is -2.28. The van der Waals surface area contributed by atoms with E-state index in [1.807, 2.05) is 0 Å². The van der Waals surface area contributed by atoms with Crippen molar-refractivity contribution in [3.05, 3.63) is 33.8 Å². The van der Waals surface area contributed by atoms with E-state index in [2.05, 4.69) is 51.4 Å². The highest BCUT2D eigenvalue weighted by atomic mass is 79.9. The van der Waals surface area contributed by atoms with Crippen LogP contribution in [0.1, 0.15) is 30.4 Å². The number of hydrogen-bond donors (Lipinski definition) is 1. The fourth-order valence-electron chi connectivity index (χ4n) is 3.44. The second-order valence-corrected chi connectivity index (χ2v) is 6.95. The van der Waals surface area contributed by atoms with Gasteiger partial charge in [-0.2, -0.15) is 0 Å². The van der Waals surface area contributed by atoms with Gasteiger partial charge in [0.2, 0.25) is 0 Å². The number of rotatable bonds is 3. The van der Waals surface area contributed by atoms with Gasteiger partial charge in [0, 0.05) is 23.1 Å². The van der Waals surface area contributed by atoms with Crippen LogP contribution in [0.2, 0.25) is 0 Å². The van der Waals surface area contributed by atoms with E-state index in [4.69, 9.17) is 0 Å². The minimum atomic E-state index is 0.669. The summed E-state index contributed by atoms with van der Waals surface area (Å²) in [6.07, 6.45) is 6.41. The molecular formula is C16H23BrN2. The van der Waals surface area contributed by atoms with Gasteiger partial charge in [0.25, 0.3) is 0 Å². The molecule has 2 atom stereocenters. The molecule has 1 saturated heterocycles. The zero-order valence-corrected chi connectivity index (χ0v) is 13.2. The van der Waals surface area contributed by atoms with Crippen LogP contribution in [0, 0.1) is 0 Å². The van der Waals surface area contributed by atoms with E-state index in [9.17, 15) is 0 Å². The Morgan fingerprint density at radius 1 is 1.32 bits per heavy atom. The average molecular weight is 323 g/mol. The van der Waals surface area contributed by atoms with Gasteiger partial charge >= 0.3 is 0 Å². The standard InChI is InChI=1S/C16H23BrN2/c1-19-8-2-3-16(19)11-18-15-7-5-12-9-14(17)6-4-13(12)10-15/h4,6,9,15-16,18H,2-3,5,7-8,10-11H2,1H3. The zero-order valence-electron chi connectivity index (χ0n) is 11.7. The number of likely N-dealkylation sites (tertiary alicyclic amines) is 1. The molecule has 1 aromatic carbocycles. The predicted molar refractivity (Wildman–Crippen MR) is 83.6 cm³/mol. The zero-order chi connectivity index (χ0) is 13.2. The van der Waals surface area contributed by atoms with Gasteiger partial charge in [0.1, 0.15) is 0 Å². The maximum Gasteiger partial charge on any atom is 0.0218 e. The van der Waals surface area contributed by atoms with Gasteiger partial charge in [0.15, 0.2) is 0 Å². The van der Waals surface area contributed by atoms with E-state index in [1.54, 1.807) is 0 Å². The molecule has 1 aliphatic heterocycles. The van der Waals surface area contributed by atoms with Crippen LogP contribution in [-0.2, 0) is 12.8 Å². The molecule has 104 valence electrons. The summed E-state index contributed by atoms with van der Waals surface area (Å²) in [5.41, 5.74) is 3.07. The minimum Gasteiger partial charge on any atom is -0.312 e. The number of nitrogens with one attached hydrogen (secondary N) is 1. The molecule has 1 aromatic rings. The summed E-state index contributed by atoms with van der Waals surface area (Å²) in [7, 11) is 2.26. The minimum absolute atomic E-state index is 0.669. The molecule has 19 heavy (non-hydrogen) atoms. The first kappa shape index (κ1) is 13.6. The third-order valence-corrected chi connectivity index (χ3v) is 5.20.